The van der Waals surface area contributed by atoms with Crippen LogP contribution in [0.15, 0.2) is 45.6 Å². The third-order valence-corrected chi connectivity index (χ3v) is 6.18. The monoisotopic (exact) mass is 398 g/mol. The molecule has 1 fully saturated rings. The van der Waals surface area contributed by atoms with E-state index in [-0.39, 0.29) is 0 Å². The highest BCUT2D eigenvalue weighted by Gasteiger charge is 2.21. The van der Waals surface area contributed by atoms with E-state index in [1.165, 1.54) is 4.88 Å². The van der Waals surface area contributed by atoms with Crippen LogP contribution in [0.25, 0.3) is 21.2 Å². The number of hydrogen-bond donors (Lipinski definition) is 1. The van der Waals surface area contributed by atoms with E-state index in [1.54, 1.807) is 29.2 Å². The minimum absolute atomic E-state index is 0.302. The number of amides is 1. The summed E-state index contributed by atoms with van der Waals surface area (Å²) in [5, 5.41) is 11.5. The smallest absolute Gasteiger partial charge is 0.343 e. The van der Waals surface area contributed by atoms with Crippen LogP contribution < -0.4 is 5.63 Å². The van der Waals surface area contributed by atoms with Crippen molar-refractivity contribution in [1.29, 1.82) is 0 Å². The van der Waals surface area contributed by atoms with Gasteiger partial charge in [-0.15, -0.1) is 11.3 Å². The minimum Gasteiger partial charge on any atom is -0.424 e. The molecule has 1 amide bonds. The first-order valence-corrected chi connectivity index (χ1v) is 10.1. The number of rotatable bonds is 5. The number of thiophene rings is 1. The van der Waals surface area contributed by atoms with Crippen LogP contribution in [0.5, 0.6) is 0 Å². The lowest BCUT2D eigenvalue weighted by molar-refractivity contribution is -0.119. The number of carbonyl (C=O) groups is 1. The van der Waals surface area contributed by atoms with Gasteiger partial charge in [-0.05, 0) is 25.1 Å². The Morgan fingerprint density at radius 2 is 1.86 bits per heavy atom. The Labute approximate surface area is 166 Å². The molecule has 0 saturated carbocycles. The number of aliphatic hydroxyl groups excluding tert-OH is 1. The van der Waals surface area contributed by atoms with Crippen LogP contribution in [0.1, 0.15) is 23.7 Å². The van der Waals surface area contributed by atoms with Crippen LogP contribution in [-0.2, 0) is 11.3 Å². The maximum absolute atomic E-state index is 12.3. The van der Waals surface area contributed by atoms with Gasteiger partial charge < -0.3 is 14.4 Å². The van der Waals surface area contributed by atoms with Gasteiger partial charge in [0.05, 0.1) is 5.39 Å². The second kappa shape index (κ2) is 7.87. The molecule has 6 nitrogen and oxygen atoms in total. The molecule has 0 radical (unpaired) electrons. The number of benzene rings is 1. The van der Waals surface area contributed by atoms with Crippen molar-refractivity contribution < 1.29 is 14.3 Å². The SMILES string of the molecule is CC(O)c1oc(=O)c2ccccc2c1-c1ccc(CN2CCN(C=O)CC2)s1. The largest absolute Gasteiger partial charge is 0.424 e. The Hall–Kier alpha value is -2.48. The standard InChI is InChI=1S/C21H22N2O4S/c1-14(25)20-19(16-4-2-3-5-17(16)21(26)27-20)18-7-6-15(28-18)12-22-8-10-23(13-24)11-9-22/h2-7,13-14,25H,8-12H2,1H3. The number of carbonyl (C=O) groups excluding carboxylic acids is 1. The fourth-order valence-electron chi connectivity index (χ4n) is 3.61. The molecule has 4 rings (SSSR count). The first-order chi connectivity index (χ1) is 13.6. The number of piperazine rings is 1. The van der Waals surface area contributed by atoms with E-state index in [1.807, 2.05) is 24.3 Å². The van der Waals surface area contributed by atoms with Crippen molar-refractivity contribution >= 4 is 28.5 Å². The molecule has 1 unspecified atom stereocenters. The molecule has 1 aliphatic heterocycles. The highest BCUT2D eigenvalue weighted by atomic mass is 32.1. The fraction of sp³-hybridized carbons (Fsp3) is 0.333. The van der Waals surface area contributed by atoms with E-state index in [9.17, 15) is 14.7 Å². The van der Waals surface area contributed by atoms with E-state index in [4.69, 9.17) is 4.42 Å². The number of aliphatic hydroxyl groups is 1. The van der Waals surface area contributed by atoms with Gasteiger partial charge in [-0.1, -0.05) is 18.2 Å². The molecule has 3 heterocycles. The molecule has 0 aliphatic carbocycles. The van der Waals surface area contributed by atoms with Crippen molar-refractivity contribution in [2.75, 3.05) is 26.2 Å². The van der Waals surface area contributed by atoms with Crippen molar-refractivity contribution in [3.05, 3.63) is 57.5 Å². The van der Waals surface area contributed by atoms with Crippen molar-refractivity contribution in [3.63, 3.8) is 0 Å². The Balaban J connectivity index is 1.68. The van der Waals surface area contributed by atoms with Gasteiger partial charge in [-0.25, -0.2) is 4.79 Å². The summed E-state index contributed by atoms with van der Waals surface area (Å²) in [4.78, 5) is 29.4. The molecule has 3 aromatic rings. The van der Waals surface area contributed by atoms with Crippen LogP contribution in [0.2, 0.25) is 0 Å². The maximum Gasteiger partial charge on any atom is 0.343 e. The number of fused-ring (bicyclic) bond motifs is 1. The number of nitrogens with zero attached hydrogens (tertiary/aromatic N) is 2. The van der Waals surface area contributed by atoms with Crippen LogP contribution in [0.4, 0.5) is 0 Å². The summed E-state index contributed by atoms with van der Waals surface area (Å²) in [5.74, 6) is 0.302. The van der Waals surface area contributed by atoms with E-state index in [0.29, 0.717) is 11.1 Å². The summed E-state index contributed by atoms with van der Waals surface area (Å²) >= 11 is 1.64. The minimum atomic E-state index is -0.880. The van der Waals surface area contributed by atoms with E-state index in [2.05, 4.69) is 11.0 Å². The highest BCUT2D eigenvalue weighted by molar-refractivity contribution is 7.15. The summed E-state index contributed by atoms with van der Waals surface area (Å²) in [7, 11) is 0. The zero-order valence-corrected chi connectivity index (χ0v) is 16.4. The lowest BCUT2D eigenvalue weighted by atomic mass is 10.0. The van der Waals surface area contributed by atoms with Crippen molar-refractivity contribution in [2.45, 2.75) is 19.6 Å². The van der Waals surface area contributed by atoms with Gasteiger partial charge >= 0.3 is 5.63 Å². The predicted octanol–water partition coefficient (Wildman–Crippen LogP) is 2.85. The molecule has 7 heteroatoms. The molecule has 1 atom stereocenters. The normalized spacial score (nSPS) is 16.4. The van der Waals surface area contributed by atoms with Gasteiger partial charge in [0.1, 0.15) is 11.9 Å². The molecule has 0 bridgehead atoms. The maximum atomic E-state index is 12.3. The predicted molar refractivity (Wildman–Crippen MR) is 109 cm³/mol. The van der Waals surface area contributed by atoms with Gasteiger partial charge in [0.15, 0.2) is 0 Å². The molecule has 1 saturated heterocycles. The van der Waals surface area contributed by atoms with E-state index in [0.717, 1.165) is 55.0 Å². The zero-order valence-electron chi connectivity index (χ0n) is 15.6. The fourth-order valence-corrected chi connectivity index (χ4v) is 4.72. The summed E-state index contributed by atoms with van der Waals surface area (Å²) < 4.78 is 5.47. The first-order valence-electron chi connectivity index (χ1n) is 9.31. The average Bonchev–Trinajstić information content (AvgIpc) is 3.16. The highest BCUT2D eigenvalue weighted by Crippen LogP contribution is 2.38. The van der Waals surface area contributed by atoms with Crippen LogP contribution >= 0.6 is 11.3 Å². The summed E-state index contributed by atoms with van der Waals surface area (Å²) in [6.07, 6.45) is 0.0289. The van der Waals surface area contributed by atoms with Crippen LogP contribution in [0.3, 0.4) is 0 Å². The Morgan fingerprint density at radius 1 is 1.14 bits per heavy atom. The van der Waals surface area contributed by atoms with E-state index >= 15 is 0 Å². The molecular weight excluding hydrogens is 376 g/mol. The Morgan fingerprint density at radius 3 is 2.54 bits per heavy atom. The van der Waals surface area contributed by atoms with Gasteiger partial charge in [0, 0.05) is 53.4 Å². The lowest BCUT2D eigenvalue weighted by Crippen LogP contribution is -2.44. The Bertz CT molecular complexity index is 1050. The molecule has 1 aliphatic rings. The quantitative estimate of drug-likeness (QED) is 0.669. The third kappa shape index (κ3) is 3.61. The lowest BCUT2D eigenvalue weighted by Gasteiger charge is -2.32. The average molecular weight is 398 g/mol. The molecule has 1 N–H and O–H groups in total. The summed E-state index contributed by atoms with van der Waals surface area (Å²) in [5.41, 5.74) is 0.354. The van der Waals surface area contributed by atoms with Gasteiger partial charge in [-0.3, -0.25) is 9.69 Å². The molecule has 146 valence electrons. The molecule has 2 aromatic heterocycles. The molecule has 0 spiro atoms. The zero-order chi connectivity index (χ0) is 19.7. The van der Waals surface area contributed by atoms with Crippen molar-refractivity contribution in [1.82, 2.24) is 9.80 Å². The topological polar surface area (TPSA) is 74.0 Å². The second-order valence-corrected chi connectivity index (χ2v) is 8.20. The molecular formula is C21H22N2O4S. The first kappa shape index (κ1) is 18.9. The van der Waals surface area contributed by atoms with E-state index < -0.39 is 11.7 Å². The number of hydrogen-bond acceptors (Lipinski definition) is 6. The third-order valence-electron chi connectivity index (χ3n) is 5.09. The van der Waals surface area contributed by atoms with Gasteiger partial charge in [-0.2, -0.15) is 0 Å². The second-order valence-electron chi connectivity index (χ2n) is 7.03. The van der Waals surface area contributed by atoms with Gasteiger partial charge in [0.25, 0.3) is 0 Å². The van der Waals surface area contributed by atoms with Crippen LogP contribution in [-0.4, -0.2) is 47.5 Å². The molecule has 28 heavy (non-hydrogen) atoms. The van der Waals surface area contributed by atoms with Crippen molar-refractivity contribution in [3.8, 4) is 10.4 Å². The van der Waals surface area contributed by atoms with Crippen molar-refractivity contribution in [2.24, 2.45) is 0 Å². The summed E-state index contributed by atoms with van der Waals surface area (Å²) in [6.45, 7) is 5.64. The molecule has 1 aromatic carbocycles. The summed E-state index contributed by atoms with van der Waals surface area (Å²) in [6, 6.07) is 11.4. The van der Waals surface area contributed by atoms with Gasteiger partial charge in [0.2, 0.25) is 6.41 Å². The Kier molecular flexibility index (Phi) is 5.30. The van der Waals surface area contributed by atoms with Crippen LogP contribution in [0, 0.1) is 0 Å².